The van der Waals surface area contributed by atoms with Crippen LogP contribution < -0.4 is 16.0 Å². The molecule has 0 unspecified atom stereocenters. The molecular weight excluding hydrogens is 306 g/mol. The van der Waals surface area contributed by atoms with Gasteiger partial charge in [-0.2, -0.15) is 0 Å². The first-order chi connectivity index (χ1) is 11.3. The molecule has 3 N–H and O–H groups in total. The molecule has 0 aliphatic heterocycles. The highest BCUT2D eigenvalue weighted by atomic mass is 16.5. The molecule has 0 aromatic heterocycles. The van der Waals surface area contributed by atoms with E-state index in [9.17, 15) is 9.59 Å². The molecule has 6 heteroatoms. The smallest absolute Gasteiger partial charge is 0.314 e. The van der Waals surface area contributed by atoms with Crippen LogP contribution >= 0.6 is 0 Å². The molecule has 0 bridgehead atoms. The molecule has 0 aliphatic rings. The van der Waals surface area contributed by atoms with Crippen LogP contribution in [0.15, 0.2) is 24.3 Å². The van der Waals surface area contributed by atoms with Crippen LogP contribution in [0, 0.1) is 6.92 Å². The fourth-order valence-corrected chi connectivity index (χ4v) is 2.20. The van der Waals surface area contributed by atoms with Gasteiger partial charge in [-0.05, 0) is 12.5 Å². The SMILES string of the molecule is COCCNC(=O)CCNC(=O)NCC(C)(C)c1cccc(C)c1. The van der Waals surface area contributed by atoms with Gasteiger partial charge in [-0.15, -0.1) is 0 Å². The minimum Gasteiger partial charge on any atom is -0.383 e. The van der Waals surface area contributed by atoms with Crippen molar-refractivity contribution in [2.45, 2.75) is 32.6 Å². The van der Waals surface area contributed by atoms with Gasteiger partial charge in [0, 0.05) is 38.6 Å². The van der Waals surface area contributed by atoms with Crippen molar-refractivity contribution >= 4 is 11.9 Å². The summed E-state index contributed by atoms with van der Waals surface area (Å²) in [7, 11) is 1.58. The third kappa shape index (κ3) is 7.46. The first kappa shape index (κ1) is 20.0. The second-order valence-electron chi connectivity index (χ2n) is 6.46. The lowest BCUT2D eigenvalue weighted by Gasteiger charge is -2.26. The Labute approximate surface area is 144 Å². The minimum absolute atomic E-state index is 0.104. The quantitative estimate of drug-likeness (QED) is 0.601. The van der Waals surface area contributed by atoms with Gasteiger partial charge in [0.25, 0.3) is 0 Å². The Balaban J connectivity index is 2.29. The van der Waals surface area contributed by atoms with E-state index in [-0.39, 0.29) is 23.8 Å². The fourth-order valence-electron chi connectivity index (χ4n) is 2.20. The average Bonchev–Trinajstić information content (AvgIpc) is 2.53. The summed E-state index contributed by atoms with van der Waals surface area (Å²) in [6.07, 6.45) is 0.248. The zero-order valence-corrected chi connectivity index (χ0v) is 15.1. The summed E-state index contributed by atoms with van der Waals surface area (Å²) in [5.41, 5.74) is 2.21. The van der Waals surface area contributed by atoms with Crippen LogP contribution in [-0.4, -0.2) is 45.3 Å². The molecule has 0 saturated carbocycles. The third-order valence-corrected chi connectivity index (χ3v) is 3.76. The normalized spacial score (nSPS) is 11.0. The molecule has 1 aromatic carbocycles. The molecule has 0 fully saturated rings. The number of hydrogen-bond donors (Lipinski definition) is 3. The summed E-state index contributed by atoms with van der Waals surface area (Å²) in [6, 6.07) is 8.01. The number of benzene rings is 1. The van der Waals surface area contributed by atoms with Crippen molar-refractivity contribution in [3.05, 3.63) is 35.4 Å². The highest BCUT2D eigenvalue weighted by Crippen LogP contribution is 2.22. The molecule has 1 aromatic rings. The van der Waals surface area contributed by atoms with Crippen LogP contribution in [-0.2, 0) is 14.9 Å². The van der Waals surface area contributed by atoms with Crippen molar-refractivity contribution in [3.8, 4) is 0 Å². The number of ether oxygens (including phenoxy) is 1. The lowest BCUT2D eigenvalue weighted by molar-refractivity contribution is -0.121. The molecule has 3 amide bonds. The summed E-state index contributed by atoms with van der Waals surface area (Å²) in [4.78, 5) is 23.4. The van der Waals surface area contributed by atoms with Crippen LogP contribution in [0.3, 0.4) is 0 Å². The van der Waals surface area contributed by atoms with E-state index in [0.717, 1.165) is 0 Å². The van der Waals surface area contributed by atoms with Gasteiger partial charge in [0.05, 0.1) is 6.61 Å². The molecule has 0 aliphatic carbocycles. The van der Waals surface area contributed by atoms with Crippen molar-refractivity contribution in [1.29, 1.82) is 0 Å². The number of carbonyl (C=O) groups excluding carboxylic acids is 2. The van der Waals surface area contributed by atoms with Gasteiger partial charge in [0.1, 0.15) is 0 Å². The van der Waals surface area contributed by atoms with E-state index < -0.39 is 0 Å². The van der Waals surface area contributed by atoms with Gasteiger partial charge in [-0.25, -0.2) is 4.79 Å². The molecule has 1 rings (SSSR count). The maximum absolute atomic E-state index is 11.9. The van der Waals surface area contributed by atoms with Gasteiger partial charge in [-0.3, -0.25) is 4.79 Å². The van der Waals surface area contributed by atoms with Crippen molar-refractivity contribution in [2.75, 3.05) is 33.4 Å². The number of nitrogens with one attached hydrogen (secondary N) is 3. The molecule has 0 saturated heterocycles. The van der Waals surface area contributed by atoms with E-state index in [4.69, 9.17) is 4.74 Å². The molecular formula is C18H29N3O3. The Morgan fingerprint density at radius 1 is 1.12 bits per heavy atom. The Morgan fingerprint density at radius 2 is 1.88 bits per heavy atom. The summed E-state index contributed by atoms with van der Waals surface area (Å²) in [5.74, 6) is -0.104. The predicted octanol–water partition coefficient (Wildman–Crippen LogP) is 1.72. The highest BCUT2D eigenvalue weighted by molar-refractivity contribution is 5.78. The Kier molecular flexibility index (Phi) is 8.26. The zero-order chi connectivity index (χ0) is 18.0. The first-order valence-corrected chi connectivity index (χ1v) is 8.19. The van der Waals surface area contributed by atoms with Crippen LogP contribution in [0.4, 0.5) is 4.79 Å². The van der Waals surface area contributed by atoms with Crippen LogP contribution in [0.25, 0.3) is 0 Å². The predicted molar refractivity (Wildman–Crippen MR) is 95.1 cm³/mol. The maximum atomic E-state index is 11.9. The first-order valence-electron chi connectivity index (χ1n) is 8.19. The number of methoxy groups -OCH3 is 1. The molecule has 24 heavy (non-hydrogen) atoms. The molecule has 6 nitrogen and oxygen atoms in total. The number of aryl methyl sites for hydroxylation is 1. The summed E-state index contributed by atoms with van der Waals surface area (Å²) in [5, 5.41) is 8.27. The standard InChI is InChI=1S/C18H29N3O3/c1-14-6-5-7-15(12-14)18(2,3)13-21-17(23)20-9-8-16(22)19-10-11-24-4/h5-7,12H,8-11,13H2,1-4H3,(H,19,22)(H2,20,21,23). The summed E-state index contributed by atoms with van der Waals surface area (Å²) >= 11 is 0. The van der Waals surface area contributed by atoms with Gasteiger partial charge in [0.2, 0.25) is 5.91 Å². The molecule has 0 heterocycles. The van der Waals surface area contributed by atoms with Gasteiger partial charge in [-0.1, -0.05) is 43.7 Å². The van der Waals surface area contributed by atoms with Gasteiger partial charge in [0.15, 0.2) is 0 Å². The average molecular weight is 335 g/mol. The minimum atomic E-state index is -0.264. The van der Waals surface area contributed by atoms with Gasteiger partial charge >= 0.3 is 6.03 Å². The van der Waals surface area contributed by atoms with E-state index in [1.165, 1.54) is 11.1 Å². The topological polar surface area (TPSA) is 79.5 Å². The fraction of sp³-hybridized carbons (Fsp3) is 0.556. The monoisotopic (exact) mass is 335 g/mol. The van der Waals surface area contributed by atoms with Crippen LogP contribution in [0.5, 0.6) is 0 Å². The number of carbonyl (C=O) groups is 2. The van der Waals surface area contributed by atoms with Crippen molar-refractivity contribution in [1.82, 2.24) is 16.0 Å². The van der Waals surface area contributed by atoms with Crippen molar-refractivity contribution in [3.63, 3.8) is 0 Å². The zero-order valence-electron chi connectivity index (χ0n) is 15.1. The summed E-state index contributed by atoms with van der Waals surface area (Å²) in [6.45, 7) is 8.01. The Bertz CT molecular complexity index is 544. The van der Waals surface area contributed by atoms with Crippen molar-refractivity contribution in [2.24, 2.45) is 0 Å². The van der Waals surface area contributed by atoms with Gasteiger partial charge < -0.3 is 20.7 Å². The van der Waals surface area contributed by atoms with E-state index >= 15 is 0 Å². The summed E-state index contributed by atoms with van der Waals surface area (Å²) < 4.78 is 4.85. The largest absolute Gasteiger partial charge is 0.383 e. The molecule has 0 radical (unpaired) electrons. The maximum Gasteiger partial charge on any atom is 0.314 e. The molecule has 0 spiro atoms. The van der Waals surface area contributed by atoms with E-state index in [0.29, 0.717) is 26.2 Å². The van der Waals surface area contributed by atoms with Crippen molar-refractivity contribution < 1.29 is 14.3 Å². The second kappa shape index (κ2) is 9.93. The molecule has 0 atom stereocenters. The Morgan fingerprint density at radius 3 is 2.54 bits per heavy atom. The van der Waals surface area contributed by atoms with E-state index in [1.54, 1.807) is 7.11 Å². The van der Waals surface area contributed by atoms with E-state index in [1.807, 2.05) is 6.07 Å². The molecule has 134 valence electrons. The lowest BCUT2D eigenvalue weighted by atomic mass is 9.84. The highest BCUT2D eigenvalue weighted by Gasteiger charge is 2.21. The van der Waals surface area contributed by atoms with Crippen LogP contribution in [0.1, 0.15) is 31.4 Å². The number of urea groups is 1. The number of hydrogen-bond acceptors (Lipinski definition) is 3. The lowest BCUT2D eigenvalue weighted by Crippen LogP contribution is -2.43. The number of rotatable bonds is 9. The van der Waals surface area contributed by atoms with Crippen LogP contribution in [0.2, 0.25) is 0 Å². The third-order valence-electron chi connectivity index (χ3n) is 3.76. The second-order valence-corrected chi connectivity index (χ2v) is 6.46. The Hall–Kier alpha value is -2.08. The van der Waals surface area contributed by atoms with E-state index in [2.05, 4.69) is 54.9 Å². The number of amides is 3.